The number of aliphatic hydroxyl groups is 1. The molecule has 3 aromatic heterocycles. The third-order valence-corrected chi connectivity index (χ3v) is 5.34. The summed E-state index contributed by atoms with van der Waals surface area (Å²) in [5.41, 5.74) is 3.04. The number of hydrogen-bond donors (Lipinski definition) is 4. The normalized spacial score (nSPS) is 11.2. The molecule has 7 nitrogen and oxygen atoms in total. The molecular weight excluding hydrogens is 386 g/mol. The number of aromatic nitrogens is 2. The van der Waals surface area contributed by atoms with Crippen LogP contribution in [0.3, 0.4) is 0 Å². The first-order valence-electron chi connectivity index (χ1n) is 8.91. The van der Waals surface area contributed by atoms with E-state index in [1.54, 1.807) is 12.3 Å². The van der Waals surface area contributed by atoms with Crippen molar-refractivity contribution in [3.63, 3.8) is 0 Å². The van der Waals surface area contributed by atoms with E-state index in [-0.39, 0.29) is 19.1 Å². The van der Waals surface area contributed by atoms with Crippen LogP contribution in [0.2, 0.25) is 0 Å². The second-order valence-corrected chi connectivity index (χ2v) is 7.34. The number of pyridine rings is 1. The molecular formula is C21H17N5O2S. The monoisotopic (exact) mass is 403 g/mol. The van der Waals surface area contributed by atoms with Gasteiger partial charge in [0.1, 0.15) is 10.9 Å². The highest BCUT2D eigenvalue weighted by atomic mass is 32.1. The van der Waals surface area contributed by atoms with E-state index in [0.29, 0.717) is 11.3 Å². The van der Waals surface area contributed by atoms with Crippen LogP contribution in [0.1, 0.15) is 10.4 Å². The molecule has 0 radical (unpaired) electrons. The Hall–Kier alpha value is -3.67. The van der Waals surface area contributed by atoms with Crippen LogP contribution in [0.25, 0.3) is 27.2 Å². The van der Waals surface area contributed by atoms with Crippen molar-refractivity contribution in [3.8, 4) is 6.07 Å². The number of anilines is 2. The molecule has 0 bridgehead atoms. The van der Waals surface area contributed by atoms with Crippen molar-refractivity contribution < 1.29 is 9.90 Å². The van der Waals surface area contributed by atoms with Gasteiger partial charge in [0.2, 0.25) is 5.91 Å². The highest BCUT2D eigenvalue weighted by Crippen LogP contribution is 2.35. The van der Waals surface area contributed by atoms with Gasteiger partial charge < -0.3 is 20.7 Å². The zero-order valence-corrected chi connectivity index (χ0v) is 16.1. The van der Waals surface area contributed by atoms with Crippen molar-refractivity contribution >= 4 is 55.8 Å². The number of nitrogens with zero attached hydrogens (tertiary/aromatic N) is 2. The van der Waals surface area contributed by atoms with Gasteiger partial charge in [-0.15, -0.1) is 11.3 Å². The first-order chi connectivity index (χ1) is 14.2. The fourth-order valence-electron chi connectivity index (χ4n) is 2.98. The largest absolute Gasteiger partial charge is 0.395 e. The lowest BCUT2D eigenvalue weighted by Gasteiger charge is -2.09. The number of nitrogens with one attached hydrogen (secondary N) is 3. The van der Waals surface area contributed by atoms with E-state index in [4.69, 9.17) is 5.11 Å². The summed E-state index contributed by atoms with van der Waals surface area (Å²) in [6.45, 7) is 0.106. The molecule has 1 aromatic carbocycles. The van der Waals surface area contributed by atoms with Crippen LogP contribution in [0, 0.1) is 11.3 Å². The summed E-state index contributed by atoms with van der Waals surface area (Å²) in [6.07, 6.45) is 6.55. The lowest BCUT2D eigenvalue weighted by molar-refractivity contribution is -0.116. The molecule has 0 spiro atoms. The van der Waals surface area contributed by atoms with Crippen LogP contribution >= 0.6 is 11.3 Å². The van der Waals surface area contributed by atoms with Gasteiger partial charge in [0.05, 0.1) is 17.9 Å². The summed E-state index contributed by atoms with van der Waals surface area (Å²) in [5.74, 6) is -0.277. The molecule has 0 atom stereocenters. The number of H-pyrrole nitrogens is 1. The van der Waals surface area contributed by atoms with E-state index < -0.39 is 0 Å². The molecule has 8 heteroatoms. The molecule has 0 fully saturated rings. The van der Waals surface area contributed by atoms with Crippen LogP contribution in [-0.4, -0.2) is 34.1 Å². The van der Waals surface area contributed by atoms with Crippen LogP contribution in [0.4, 0.5) is 11.4 Å². The zero-order chi connectivity index (χ0) is 20.2. The molecule has 4 aromatic rings. The van der Waals surface area contributed by atoms with E-state index in [1.807, 2.05) is 36.5 Å². The molecule has 4 rings (SSSR count). The first-order valence-corrected chi connectivity index (χ1v) is 9.73. The van der Waals surface area contributed by atoms with Gasteiger partial charge in [-0.3, -0.25) is 4.79 Å². The van der Waals surface area contributed by atoms with Gasteiger partial charge in [0.15, 0.2) is 0 Å². The van der Waals surface area contributed by atoms with Gasteiger partial charge in [0, 0.05) is 51.9 Å². The summed E-state index contributed by atoms with van der Waals surface area (Å²) in [6, 6.07) is 12.0. The number of rotatable bonds is 6. The highest BCUT2D eigenvalue weighted by Gasteiger charge is 2.12. The highest BCUT2D eigenvalue weighted by molar-refractivity contribution is 7.19. The molecule has 0 unspecified atom stereocenters. The van der Waals surface area contributed by atoms with Crippen molar-refractivity contribution in [1.29, 1.82) is 5.26 Å². The second kappa shape index (κ2) is 8.14. The number of aromatic amines is 1. The van der Waals surface area contributed by atoms with Crippen LogP contribution in [0.15, 0.2) is 48.8 Å². The molecule has 0 saturated carbocycles. The Morgan fingerprint density at radius 3 is 3.07 bits per heavy atom. The molecule has 3 heterocycles. The van der Waals surface area contributed by atoms with Gasteiger partial charge in [-0.05, 0) is 36.4 Å². The Balaban J connectivity index is 1.68. The molecule has 0 aliphatic heterocycles. The van der Waals surface area contributed by atoms with Crippen LogP contribution < -0.4 is 10.6 Å². The van der Waals surface area contributed by atoms with E-state index in [0.717, 1.165) is 31.7 Å². The van der Waals surface area contributed by atoms with Crippen molar-refractivity contribution in [1.82, 2.24) is 15.3 Å². The summed E-state index contributed by atoms with van der Waals surface area (Å²) in [7, 11) is 0. The Labute approximate surface area is 170 Å². The summed E-state index contributed by atoms with van der Waals surface area (Å²) >= 11 is 1.43. The second-order valence-electron chi connectivity index (χ2n) is 6.28. The van der Waals surface area contributed by atoms with E-state index >= 15 is 0 Å². The first kappa shape index (κ1) is 18.7. The number of amides is 1. The number of thiophene rings is 1. The summed E-state index contributed by atoms with van der Waals surface area (Å²) in [4.78, 5) is 20.8. The van der Waals surface area contributed by atoms with Gasteiger partial charge >= 0.3 is 0 Å². The number of carbonyl (C=O) groups excluding carboxylic acids is 1. The minimum Gasteiger partial charge on any atom is -0.395 e. The zero-order valence-electron chi connectivity index (χ0n) is 15.3. The lowest BCUT2D eigenvalue weighted by Crippen LogP contribution is -2.24. The van der Waals surface area contributed by atoms with Gasteiger partial charge in [-0.25, -0.2) is 4.98 Å². The topological polar surface area (TPSA) is 114 Å². The minimum absolute atomic E-state index is 0.104. The van der Waals surface area contributed by atoms with E-state index in [9.17, 15) is 10.1 Å². The molecule has 4 N–H and O–H groups in total. The molecule has 144 valence electrons. The predicted octanol–water partition coefficient (Wildman–Crippen LogP) is 3.51. The quantitative estimate of drug-likeness (QED) is 0.368. The standard InChI is InChI=1S/C21H17N5O2S/c22-11-14-12-25-21-17(10-16(29-21)2-4-19(28)24-7-8-27)20(14)26-15-1-3-18-13(9-15)5-6-23-18/h1-6,9-10,12,23,27H,7-8H2,(H,24,28)(H,25,26). The SMILES string of the molecule is N#Cc1cnc2sc(C=CC(=O)NCCO)cc2c1Nc1ccc2[nH]ccc2c1. The van der Waals surface area contributed by atoms with E-state index in [1.165, 1.54) is 17.4 Å². The number of fused-ring (bicyclic) bond motifs is 2. The van der Waals surface area contributed by atoms with Crippen molar-refractivity contribution in [2.75, 3.05) is 18.5 Å². The average molecular weight is 403 g/mol. The third-order valence-electron chi connectivity index (χ3n) is 4.33. The molecule has 0 saturated heterocycles. The van der Waals surface area contributed by atoms with Crippen molar-refractivity contribution in [2.45, 2.75) is 0 Å². The number of benzene rings is 1. The molecule has 29 heavy (non-hydrogen) atoms. The Bertz CT molecular complexity index is 1270. The van der Waals surface area contributed by atoms with Gasteiger partial charge in [0.25, 0.3) is 0 Å². The fraction of sp³-hybridized carbons (Fsp3) is 0.0952. The van der Waals surface area contributed by atoms with Crippen LogP contribution in [-0.2, 0) is 4.79 Å². The predicted molar refractivity (Wildman–Crippen MR) is 115 cm³/mol. The maximum atomic E-state index is 11.7. The Kier molecular flexibility index (Phi) is 5.24. The number of hydrogen-bond acceptors (Lipinski definition) is 6. The van der Waals surface area contributed by atoms with Crippen molar-refractivity contribution in [2.24, 2.45) is 0 Å². The summed E-state index contributed by atoms with van der Waals surface area (Å²) in [5, 5.41) is 26.1. The van der Waals surface area contributed by atoms with Gasteiger partial charge in [-0.1, -0.05) is 0 Å². The Morgan fingerprint density at radius 1 is 1.34 bits per heavy atom. The molecule has 0 aliphatic rings. The maximum Gasteiger partial charge on any atom is 0.244 e. The number of aliphatic hydroxyl groups excluding tert-OH is 1. The minimum atomic E-state index is -0.277. The molecule has 1 amide bonds. The smallest absolute Gasteiger partial charge is 0.244 e. The average Bonchev–Trinajstić information content (AvgIpc) is 3.37. The fourth-order valence-corrected chi connectivity index (χ4v) is 3.89. The molecule has 0 aliphatic carbocycles. The van der Waals surface area contributed by atoms with Crippen LogP contribution in [0.5, 0.6) is 0 Å². The Morgan fingerprint density at radius 2 is 2.24 bits per heavy atom. The number of carbonyl (C=O) groups is 1. The van der Waals surface area contributed by atoms with Gasteiger partial charge in [-0.2, -0.15) is 5.26 Å². The van der Waals surface area contributed by atoms with Crippen molar-refractivity contribution in [3.05, 3.63) is 59.2 Å². The maximum absolute atomic E-state index is 11.7. The lowest BCUT2D eigenvalue weighted by atomic mass is 10.1. The van der Waals surface area contributed by atoms with E-state index in [2.05, 4.69) is 26.7 Å². The summed E-state index contributed by atoms with van der Waals surface area (Å²) < 4.78 is 0. The third kappa shape index (κ3) is 3.96. The number of nitriles is 1.